The van der Waals surface area contributed by atoms with Crippen molar-refractivity contribution in [2.45, 2.75) is 25.7 Å². The number of carbonyl (C=O) groups excluding carboxylic acids is 2. The molecule has 2 aromatic carbocycles. The molecular formula is C22H26N2O4. The van der Waals surface area contributed by atoms with Gasteiger partial charge < -0.3 is 20.1 Å². The van der Waals surface area contributed by atoms with Gasteiger partial charge in [-0.3, -0.25) is 9.59 Å². The number of hydrogen-bond donors (Lipinski definition) is 2. The molecule has 1 saturated carbocycles. The smallest absolute Gasteiger partial charge is 0.227 e. The first-order valence-corrected chi connectivity index (χ1v) is 9.49. The molecule has 2 atom stereocenters. The Morgan fingerprint density at radius 1 is 0.750 bits per heavy atom. The van der Waals surface area contributed by atoms with E-state index < -0.39 is 0 Å². The van der Waals surface area contributed by atoms with Crippen LogP contribution in [0.4, 0.5) is 11.4 Å². The first-order valence-electron chi connectivity index (χ1n) is 9.49. The largest absolute Gasteiger partial charge is 0.497 e. The summed E-state index contributed by atoms with van der Waals surface area (Å²) in [5.41, 5.74) is 1.46. The molecule has 0 heterocycles. The maximum Gasteiger partial charge on any atom is 0.227 e. The summed E-state index contributed by atoms with van der Waals surface area (Å²) in [6, 6.07) is 14.5. The first-order chi connectivity index (χ1) is 13.6. The predicted octanol–water partition coefficient (Wildman–Crippen LogP) is 4.09. The minimum atomic E-state index is -0.164. The fourth-order valence-corrected chi connectivity index (χ4v) is 3.50. The van der Waals surface area contributed by atoms with Gasteiger partial charge in [0.1, 0.15) is 11.5 Å². The van der Waals surface area contributed by atoms with Gasteiger partial charge in [-0.2, -0.15) is 0 Å². The lowest BCUT2D eigenvalue weighted by Crippen LogP contribution is -2.33. The van der Waals surface area contributed by atoms with Crippen molar-refractivity contribution in [2.75, 3.05) is 24.9 Å². The van der Waals surface area contributed by atoms with Crippen molar-refractivity contribution in [1.82, 2.24) is 0 Å². The van der Waals surface area contributed by atoms with Crippen LogP contribution >= 0.6 is 0 Å². The molecule has 1 aliphatic rings. The molecule has 1 fully saturated rings. The van der Waals surface area contributed by atoms with E-state index in [9.17, 15) is 9.59 Å². The van der Waals surface area contributed by atoms with Gasteiger partial charge in [-0.1, -0.05) is 6.42 Å². The van der Waals surface area contributed by atoms with Gasteiger partial charge in [-0.05, 0) is 67.8 Å². The Morgan fingerprint density at radius 3 is 1.50 bits per heavy atom. The van der Waals surface area contributed by atoms with Gasteiger partial charge in [0.05, 0.1) is 14.2 Å². The van der Waals surface area contributed by atoms with Gasteiger partial charge in [-0.25, -0.2) is 0 Å². The van der Waals surface area contributed by atoms with E-state index in [1.54, 1.807) is 14.2 Å². The van der Waals surface area contributed by atoms with Gasteiger partial charge in [0, 0.05) is 23.2 Å². The Bertz CT molecular complexity index is 735. The van der Waals surface area contributed by atoms with Crippen LogP contribution in [0.1, 0.15) is 25.7 Å². The first kappa shape index (κ1) is 19.7. The zero-order chi connectivity index (χ0) is 19.9. The molecule has 2 aromatic rings. The molecule has 2 amide bonds. The molecule has 28 heavy (non-hydrogen) atoms. The van der Waals surface area contributed by atoms with Gasteiger partial charge in [0.2, 0.25) is 11.8 Å². The third-order valence-electron chi connectivity index (χ3n) is 5.13. The Labute approximate surface area is 165 Å². The summed E-state index contributed by atoms with van der Waals surface area (Å²) in [4.78, 5) is 25.3. The average Bonchev–Trinajstić information content (AvgIpc) is 2.75. The highest BCUT2D eigenvalue weighted by Gasteiger charge is 2.31. The van der Waals surface area contributed by atoms with Crippen LogP contribution < -0.4 is 20.1 Å². The highest BCUT2D eigenvalue weighted by molar-refractivity contribution is 5.95. The molecule has 0 aliphatic heterocycles. The van der Waals surface area contributed by atoms with Crippen molar-refractivity contribution >= 4 is 23.2 Å². The molecule has 6 nitrogen and oxygen atoms in total. The van der Waals surface area contributed by atoms with Crippen molar-refractivity contribution < 1.29 is 19.1 Å². The van der Waals surface area contributed by atoms with Gasteiger partial charge >= 0.3 is 0 Å². The second-order valence-electron chi connectivity index (χ2n) is 7.00. The van der Waals surface area contributed by atoms with Crippen LogP contribution in [0.15, 0.2) is 48.5 Å². The van der Waals surface area contributed by atoms with Crippen molar-refractivity contribution in [3.05, 3.63) is 48.5 Å². The van der Waals surface area contributed by atoms with E-state index >= 15 is 0 Å². The molecule has 2 N–H and O–H groups in total. The average molecular weight is 382 g/mol. The van der Waals surface area contributed by atoms with E-state index in [4.69, 9.17) is 9.47 Å². The number of nitrogens with one attached hydrogen (secondary N) is 2. The summed E-state index contributed by atoms with van der Waals surface area (Å²) in [5, 5.41) is 5.89. The fraction of sp³-hybridized carbons (Fsp3) is 0.364. The highest BCUT2D eigenvalue weighted by atomic mass is 16.5. The molecule has 0 radical (unpaired) electrons. The Kier molecular flexibility index (Phi) is 6.53. The Hall–Kier alpha value is -3.02. The second-order valence-corrected chi connectivity index (χ2v) is 7.00. The van der Waals surface area contributed by atoms with E-state index in [2.05, 4.69) is 10.6 Å². The number of hydrogen-bond acceptors (Lipinski definition) is 4. The number of amides is 2. The lowest BCUT2D eigenvalue weighted by Gasteiger charge is -2.27. The number of methoxy groups -OCH3 is 2. The third-order valence-corrected chi connectivity index (χ3v) is 5.13. The lowest BCUT2D eigenvalue weighted by atomic mass is 9.80. The second kappa shape index (κ2) is 9.26. The third kappa shape index (κ3) is 5.03. The lowest BCUT2D eigenvalue weighted by molar-refractivity contribution is -0.124. The zero-order valence-corrected chi connectivity index (χ0v) is 16.2. The van der Waals surface area contributed by atoms with Crippen molar-refractivity contribution in [3.8, 4) is 11.5 Å². The predicted molar refractivity (Wildman–Crippen MR) is 109 cm³/mol. The van der Waals surface area contributed by atoms with Crippen LogP contribution in [-0.2, 0) is 9.59 Å². The minimum Gasteiger partial charge on any atom is -0.497 e. The summed E-state index contributed by atoms with van der Waals surface area (Å²) in [5.74, 6) is 1.08. The SMILES string of the molecule is COc1ccc(NC(=O)[C@@H]2CCC[C@H](C(=O)Nc3ccc(OC)cc3)C2)cc1. The molecule has 0 unspecified atom stereocenters. The molecule has 3 rings (SSSR count). The Balaban J connectivity index is 1.55. The highest BCUT2D eigenvalue weighted by Crippen LogP contribution is 2.31. The van der Waals surface area contributed by atoms with Crippen molar-refractivity contribution in [3.63, 3.8) is 0 Å². The summed E-state index contributed by atoms with van der Waals surface area (Å²) >= 11 is 0. The van der Waals surface area contributed by atoms with Crippen LogP contribution in [0.5, 0.6) is 11.5 Å². The van der Waals surface area contributed by atoms with Gasteiger partial charge in [0.25, 0.3) is 0 Å². The number of benzene rings is 2. The van der Waals surface area contributed by atoms with Crippen LogP contribution in [0.2, 0.25) is 0 Å². The normalized spacial score (nSPS) is 18.8. The summed E-state index contributed by atoms with van der Waals surface area (Å²) in [6.07, 6.45) is 3.02. The van der Waals surface area contributed by atoms with E-state index in [1.165, 1.54) is 0 Å². The molecule has 1 aliphatic carbocycles. The number of rotatable bonds is 6. The topological polar surface area (TPSA) is 76.7 Å². The summed E-state index contributed by atoms with van der Waals surface area (Å²) in [6.45, 7) is 0. The molecule has 6 heteroatoms. The van der Waals surface area contributed by atoms with Crippen LogP contribution in [0.3, 0.4) is 0 Å². The minimum absolute atomic E-state index is 0.0351. The van der Waals surface area contributed by atoms with Crippen LogP contribution in [0.25, 0.3) is 0 Å². The monoisotopic (exact) mass is 382 g/mol. The summed E-state index contributed by atoms with van der Waals surface area (Å²) in [7, 11) is 3.21. The molecular weight excluding hydrogens is 356 g/mol. The van der Waals surface area contributed by atoms with E-state index in [0.29, 0.717) is 6.42 Å². The molecule has 0 aromatic heterocycles. The molecule has 0 saturated heterocycles. The quantitative estimate of drug-likeness (QED) is 0.789. The van der Waals surface area contributed by atoms with Crippen LogP contribution in [0, 0.1) is 11.8 Å². The molecule has 0 bridgehead atoms. The van der Waals surface area contributed by atoms with Crippen molar-refractivity contribution in [1.29, 1.82) is 0 Å². The van der Waals surface area contributed by atoms with E-state index in [1.807, 2.05) is 48.5 Å². The van der Waals surface area contributed by atoms with Gasteiger partial charge in [0.15, 0.2) is 0 Å². The van der Waals surface area contributed by atoms with Crippen molar-refractivity contribution in [2.24, 2.45) is 11.8 Å². The van der Waals surface area contributed by atoms with E-state index in [0.717, 1.165) is 42.1 Å². The maximum absolute atomic E-state index is 12.6. The molecule has 0 spiro atoms. The summed E-state index contributed by atoms with van der Waals surface area (Å²) < 4.78 is 10.3. The fourth-order valence-electron chi connectivity index (χ4n) is 3.50. The number of carbonyl (C=O) groups is 2. The maximum atomic E-state index is 12.6. The Morgan fingerprint density at radius 2 is 1.14 bits per heavy atom. The number of ether oxygens (including phenoxy) is 2. The zero-order valence-electron chi connectivity index (χ0n) is 16.2. The standard InChI is InChI=1S/C22H26N2O4/c1-27-19-10-6-17(7-11-19)23-21(25)15-4-3-5-16(14-15)22(26)24-18-8-12-20(28-2)13-9-18/h6-13,15-16H,3-5,14H2,1-2H3,(H,23,25)(H,24,26)/t15-,16+. The van der Waals surface area contributed by atoms with Gasteiger partial charge in [-0.15, -0.1) is 0 Å². The van der Waals surface area contributed by atoms with E-state index in [-0.39, 0.29) is 23.7 Å². The molecule has 148 valence electrons. The van der Waals surface area contributed by atoms with Crippen LogP contribution in [-0.4, -0.2) is 26.0 Å². The number of anilines is 2.